The molecule has 3 rings (SSSR count). The number of carbonyl (C=O) groups excluding carboxylic acids is 1. The maximum atomic E-state index is 12.6. The molecular formula is C20H19ClN2O7. The SMILES string of the molecule is COC(=O)c1ccccc1-[n+]1c(C)[nH]c(=O)c(-c2ccccc2)c1C.[O-][Cl+3]([O-])([O-])[O-]. The van der Waals surface area contributed by atoms with Gasteiger partial charge >= 0.3 is 11.5 Å². The fourth-order valence-corrected chi connectivity index (χ4v) is 3.07. The molecule has 0 amide bonds. The topological polar surface area (TPSA) is 155 Å². The first kappa shape index (κ1) is 23.2. The highest BCUT2D eigenvalue weighted by atomic mass is 35.7. The number of aryl methyl sites for hydroxylation is 1. The molecule has 158 valence electrons. The molecule has 0 aliphatic carbocycles. The second-order valence-electron chi connectivity index (χ2n) is 6.09. The third-order valence-corrected chi connectivity index (χ3v) is 4.17. The number of hydrogen-bond acceptors (Lipinski definition) is 7. The number of H-pyrrole nitrogens is 1. The van der Waals surface area contributed by atoms with Crippen LogP contribution in [0.4, 0.5) is 0 Å². The first-order valence-corrected chi connectivity index (χ1v) is 9.78. The van der Waals surface area contributed by atoms with Gasteiger partial charge in [0.25, 0.3) is 5.82 Å². The highest BCUT2D eigenvalue weighted by Gasteiger charge is 2.24. The van der Waals surface area contributed by atoms with E-state index in [-0.39, 0.29) is 5.56 Å². The Morgan fingerprint density at radius 1 is 0.967 bits per heavy atom. The zero-order valence-corrected chi connectivity index (χ0v) is 17.1. The molecule has 0 fully saturated rings. The molecule has 1 N–H and O–H groups in total. The van der Waals surface area contributed by atoms with E-state index in [2.05, 4.69) is 4.98 Å². The number of nitrogens with one attached hydrogen (secondary N) is 1. The van der Waals surface area contributed by atoms with Crippen LogP contribution in [0.5, 0.6) is 0 Å². The summed E-state index contributed by atoms with van der Waals surface area (Å²) in [6.07, 6.45) is 0. The van der Waals surface area contributed by atoms with Crippen LogP contribution in [0.15, 0.2) is 59.4 Å². The largest absolute Gasteiger partial charge is 0.465 e. The lowest BCUT2D eigenvalue weighted by molar-refractivity contribution is -2.00. The van der Waals surface area contributed by atoms with Crippen LogP contribution in [0.2, 0.25) is 0 Å². The standard InChI is InChI=1S/C20H18N2O3.ClHO4/c1-13-18(15-9-5-4-6-10-15)19(23)21-14(2)22(13)17-12-8-7-11-16(17)20(24)25-3;2-1(3,4)5/h4-12H,1-3H3;(H,2,3,4,5). The summed E-state index contributed by atoms with van der Waals surface area (Å²) in [5.74, 6) is 0.216. The van der Waals surface area contributed by atoms with Gasteiger partial charge in [-0.15, -0.1) is 10.2 Å². The summed E-state index contributed by atoms with van der Waals surface area (Å²) in [5.41, 5.74) is 3.10. The van der Waals surface area contributed by atoms with Gasteiger partial charge in [-0.3, -0.25) is 0 Å². The fourth-order valence-electron chi connectivity index (χ4n) is 3.07. The first-order valence-electron chi connectivity index (χ1n) is 8.55. The summed E-state index contributed by atoms with van der Waals surface area (Å²) in [6.45, 7) is 3.68. The Morgan fingerprint density at radius 3 is 2.07 bits per heavy atom. The molecule has 3 aromatic rings. The second-order valence-corrected chi connectivity index (χ2v) is 6.84. The van der Waals surface area contributed by atoms with Gasteiger partial charge in [0.1, 0.15) is 22.5 Å². The van der Waals surface area contributed by atoms with E-state index >= 15 is 0 Å². The van der Waals surface area contributed by atoms with Gasteiger partial charge in [-0.05, 0) is 24.6 Å². The van der Waals surface area contributed by atoms with Gasteiger partial charge in [0.05, 0.1) is 7.11 Å². The normalized spacial score (nSPS) is 10.8. The number of halogens is 1. The van der Waals surface area contributed by atoms with E-state index < -0.39 is 16.2 Å². The van der Waals surface area contributed by atoms with E-state index in [0.717, 1.165) is 11.3 Å². The predicted molar refractivity (Wildman–Crippen MR) is 94.8 cm³/mol. The summed E-state index contributed by atoms with van der Waals surface area (Å²) in [6, 6.07) is 16.6. The lowest BCUT2D eigenvalue weighted by Crippen LogP contribution is -2.68. The van der Waals surface area contributed by atoms with Crippen molar-refractivity contribution in [1.82, 2.24) is 4.98 Å². The number of methoxy groups -OCH3 is 1. The molecule has 1 heterocycles. The molecule has 9 nitrogen and oxygen atoms in total. The molecule has 0 unspecified atom stereocenters. The number of aromatic amines is 1. The molecule has 0 aliphatic rings. The zero-order chi connectivity index (χ0) is 22.5. The van der Waals surface area contributed by atoms with Crippen LogP contribution < -0.4 is 28.8 Å². The van der Waals surface area contributed by atoms with Crippen LogP contribution in [0.25, 0.3) is 16.8 Å². The molecule has 0 saturated heterocycles. The number of carbonyl (C=O) groups is 1. The summed E-state index contributed by atoms with van der Waals surface area (Å²) in [4.78, 5) is 27.6. The molecule has 2 aromatic carbocycles. The number of ether oxygens (including phenoxy) is 1. The van der Waals surface area contributed by atoms with Gasteiger partial charge in [0, 0.05) is 6.92 Å². The summed E-state index contributed by atoms with van der Waals surface area (Å²) >= 11 is 0. The summed E-state index contributed by atoms with van der Waals surface area (Å²) < 4.78 is 40.7. The van der Waals surface area contributed by atoms with E-state index in [0.29, 0.717) is 22.6 Å². The Balaban J connectivity index is 0.000000575. The molecule has 10 heteroatoms. The van der Waals surface area contributed by atoms with Crippen LogP contribution in [0, 0.1) is 24.1 Å². The van der Waals surface area contributed by atoms with E-state index in [1.54, 1.807) is 19.1 Å². The van der Waals surface area contributed by atoms with E-state index in [1.165, 1.54) is 7.11 Å². The van der Waals surface area contributed by atoms with Crippen molar-refractivity contribution in [3.8, 4) is 16.8 Å². The van der Waals surface area contributed by atoms with E-state index in [1.807, 2.05) is 54.0 Å². The van der Waals surface area contributed by atoms with Gasteiger partial charge in [-0.1, -0.05) is 42.5 Å². The van der Waals surface area contributed by atoms with Gasteiger partial charge in [-0.25, -0.2) is 33.2 Å². The molecule has 30 heavy (non-hydrogen) atoms. The van der Waals surface area contributed by atoms with Crippen molar-refractivity contribution in [1.29, 1.82) is 0 Å². The summed E-state index contributed by atoms with van der Waals surface area (Å²) in [5, 5.41) is 0. The Labute approximate surface area is 174 Å². The minimum Gasteiger partial charge on any atom is -0.465 e. The molecule has 1 aromatic heterocycles. The number of esters is 1. The van der Waals surface area contributed by atoms with Crippen LogP contribution >= 0.6 is 0 Å². The van der Waals surface area contributed by atoms with Crippen molar-refractivity contribution in [2.24, 2.45) is 0 Å². The van der Waals surface area contributed by atoms with Crippen molar-refractivity contribution >= 4 is 5.97 Å². The number of hydrogen-bond donors (Lipinski definition) is 1. The summed E-state index contributed by atoms with van der Waals surface area (Å²) in [7, 11) is -3.59. The maximum Gasteiger partial charge on any atom is 0.343 e. The predicted octanol–water partition coefficient (Wildman–Crippen LogP) is -2.03. The molecule has 0 bridgehead atoms. The first-order chi connectivity index (χ1) is 14.0. The van der Waals surface area contributed by atoms with E-state index in [9.17, 15) is 9.59 Å². The monoisotopic (exact) mass is 434 g/mol. The molecular weight excluding hydrogens is 416 g/mol. The van der Waals surface area contributed by atoms with Crippen molar-refractivity contribution < 1.29 is 43.0 Å². The van der Waals surface area contributed by atoms with Crippen molar-refractivity contribution in [3.05, 3.63) is 82.0 Å². The van der Waals surface area contributed by atoms with E-state index in [4.69, 9.17) is 23.4 Å². The Morgan fingerprint density at radius 2 is 1.50 bits per heavy atom. The lowest BCUT2D eigenvalue weighted by atomic mass is 10.0. The highest BCUT2D eigenvalue weighted by Crippen LogP contribution is 2.19. The fraction of sp³-hybridized carbons (Fsp3) is 0.150. The van der Waals surface area contributed by atoms with Gasteiger partial charge < -0.3 is 4.74 Å². The zero-order valence-electron chi connectivity index (χ0n) is 16.4. The third-order valence-electron chi connectivity index (χ3n) is 4.17. The number of benzene rings is 2. The highest BCUT2D eigenvalue weighted by molar-refractivity contribution is 5.92. The molecule has 0 saturated carbocycles. The van der Waals surface area contributed by atoms with Crippen LogP contribution in [0.3, 0.4) is 0 Å². The maximum absolute atomic E-state index is 12.6. The average molecular weight is 435 g/mol. The van der Waals surface area contributed by atoms with Crippen LogP contribution in [-0.2, 0) is 4.74 Å². The quantitative estimate of drug-likeness (QED) is 0.368. The van der Waals surface area contributed by atoms with Crippen molar-refractivity contribution in [2.75, 3.05) is 7.11 Å². The minimum atomic E-state index is -4.94. The van der Waals surface area contributed by atoms with Crippen molar-refractivity contribution in [3.63, 3.8) is 0 Å². The van der Waals surface area contributed by atoms with Crippen molar-refractivity contribution in [2.45, 2.75) is 13.8 Å². The number of nitrogens with zero attached hydrogens (tertiary/aromatic N) is 1. The number of para-hydroxylation sites is 1. The minimum absolute atomic E-state index is 0.159. The average Bonchev–Trinajstić information content (AvgIpc) is 2.67. The molecule has 0 spiro atoms. The molecule has 0 radical (unpaired) electrons. The Hall–Kier alpha value is -3.08. The van der Waals surface area contributed by atoms with Crippen LogP contribution in [0.1, 0.15) is 21.9 Å². The number of rotatable bonds is 3. The lowest BCUT2D eigenvalue weighted by Gasteiger charge is -2.17. The van der Waals surface area contributed by atoms with Gasteiger partial charge in [0.15, 0.2) is 0 Å². The third kappa shape index (κ3) is 5.72. The second kappa shape index (κ2) is 9.61. The van der Waals surface area contributed by atoms with Crippen LogP contribution in [-0.4, -0.2) is 18.1 Å². The Kier molecular flexibility index (Phi) is 7.43. The smallest absolute Gasteiger partial charge is 0.343 e. The Bertz CT molecular complexity index is 1090. The molecule has 0 atom stereocenters. The molecule has 0 aliphatic heterocycles. The van der Waals surface area contributed by atoms with Gasteiger partial charge in [0.2, 0.25) is 0 Å². The van der Waals surface area contributed by atoms with Gasteiger partial charge in [-0.2, -0.15) is 4.57 Å². The number of aromatic nitrogens is 2.